The Labute approximate surface area is 192 Å². The molecule has 0 saturated carbocycles. The summed E-state index contributed by atoms with van der Waals surface area (Å²) >= 11 is 0. The first kappa shape index (κ1) is 26.7. The fraction of sp³-hybridized carbons (Fsp3) is 0.913. The molecule has 3 aliphatic heterocycles. The summed E-state index contributed by atoms with van der Waals surface area (Å²) in [5, 5.41) is 10.1. The molecule has 3 fully saturated rings. The predicted octanol–water partition coefficient (Wildman–Crippen LogP) is 3.18. The molecule has 0 bridgehead atoms. The topological polar surface area (TPSA) is 101 Å². The second-order valence-electron chi connectivity index (χ2n) is 11.1. The van der Waals surface area contributed by atoms with Gasteiger partial charge in [0, 0.05) is 33.3 Å². The van der Waals surface area contributed by atoms with Crippen LogP contribution in [0.25, 0.3) is 0 Å². The van der Waals surface area contributed by atoms with Gasteiger partial charge in [0.1, 0.15) is 11.2 Å². The first-order valence-corrected chi connectivity index (χ1v) is 11.5. The summed E-state index contributed by atoms with van der Waals surface area (Å²) in [6, 6.07) is 0. The molecule has 9 nitrogen and oxygen atoms in total. The summed E-state index contributed by atoms with van der Waals surface area (Å²) in [6.45, 7) is 14.9. The highest BCUT2D eigenvalue weighted by Crippen LogP contribution is 2.37. The predicted molar refractivity (Wildman–Crippen MR) is 120 cm³/mol. The normalized spacial score (nSPS) is 22.0. The van der Waals surface area contributed by atoms with Gasteiger partial charge in [0.2, 0.25) is 0 Å². The molecule has 3 saturated heterocycles. The van der Waals surface area contributed by atoms with Crippen molar-refractivity contribution in [3.8, 4) is 0 Å². The molecular formula is C23H42N2O7. The molecule has 186 valence electrons. The second-order valence-corrected chi connectivity index (χ2v) is 11.1. The number of hydrogen-bond acceptors (Lipinski definition) is 7. The molecule has 9 heteroatoms. The van der Waals surface area contributed by atoms with E-state index in [1.807, 2.05) is 41.5 Å². The molecule has 0 radical (unpaired) electrons. The first-order valence-electron chi connectivity index (χ1n) is 11.5. The third-order valence-corrected chi connectivity index (χ3v) is 5.64. The third-order valence-electron chi connectivity index (χ3n) is 5.64. The first-order chi connectivity index (χ1) is 14.7. The molecule has 0 aromatic carbocycles. The van der Waals surface area contributed by atoms with Gasteiger partial charge in [-0.2, -0.15) is 0 Å². The monoisotopic (exact) mass is 458 g/mol. The molecule has 1 N–H and O–H groups in total. The number of ether oxygens (including phenoxy) is 4. The summed E-state index contributed by atoms with van der Waals surface area (Å²) < 4.78 is 21.0. The Balaban J connectivity index is 0.000000228. The largest absolute Gasteiger partial charge is 0.444 e. The fourth-order valence-electron chi connectivity index (χ4n) is 3.66. The van der Waals surface area contributed by atoms with E-state index in [9.17, 15) is 14.7 Å². The van der Waals surface area contributed by atoms with E-state index >= 15 is 0 Å². The van der Waals surface area contributed by atoms with Crippen LogP contribution < -0.4 is 0 Å². The maximum atomic E-state index is 11.8. The average Bonchev–Trinajstić information content (AvgIpc) is 3.39. The van der Waals surface area contributed by atoms with E-state index in [0.29, 0.717) is 32.5 Å². The zero-order chi connectivity index (χ0) is 24.2. The van der Waals surface area contributed by atoms with E-state index in [1.165, 1.54) is 0 Å². The van der Waals surface area contributed by atoms with Gasteiger partial charge in [-0.1, -0.05) is 0 Å². The highest BCUT2D eigenvalue weighted by Gasteiger charge is 2.47. The molecular weight excluding hydrogens is 416 g/mol. The van der Waals surface area contributed by atoms with E-state index in [1.54, 1.807) is 16.9 Å². The maximum absolute atomic E-state index is 11.8. The SMILES string of the molecule is CC(C)(C)OC(=O)N1CCC2(CC1)CO2.COCC1(O)CCN(C(=O)OC(C)(C)C)CC1. The smallest absolute Gasteiger partial charge is 0.410 e. The van der Waals surface area contributed by atoms with Gasteiger partial charge in [-0.25, -0.2) is 9.59 Å². The Hall–Kier alpha value is -1.58. The Morgan fingerprint density at radius 3 is 1.53 bits per heavy atom. The van der Waals surface area contributed by atoms with Crippen LogP contribution in [0.4, 0.5) is 9.59 Å². The van der Waals surface area contributed by atoms with Gasteiger partial charge < -0.3 is 33.9 Å². The zero-order valence-electron chi connectivity index (χ0n) is 20.9. The number of carbonyl (C=O) groups excluding carboxylic acids is 2. The highest BCUT2D eigenvalue weighted by atomic mass is 16.6. The minimum atomic E-state index is -0.798. The molecule has 0 aromatic heterocycles. The van der Waals surface area contributed by atoms with E-state index in [2.05, 4.69) is 0 Å². The molecule has 3 aliphatic rings. The van der Waals surface area contributed by atoms with Gasteiger partial charge in [-0.05, 0) is 67.2 Å². The van der Waals surface area contributed by atoms with Crippen molar-refractivity contribution in [2.75, 3.05) is 46.5 Å². The molecule has 0 atom stereocenters. The standard InChI is InChI=1S/C12H23NO4.C11H19NO3/c1-11(2,3)17-10(14)13-7-5-12(15,6-8-13)9-16-4;1-10(2,3)15-9(13)12-6-4-11(5-7-12)8-14-11/h15H,5-9H2,1-4H3;4-8H2,1-3H3. The number of nitrogens with zero attached hydrogens (tertiary/aromatic N) is 2. The number of methoxy groups -OCH3 is 1. The lowest BCUT2D eigenvalue weighted by atomic mass is 9.92. The lowest BCUT2D eigenvalue weighted by molar-refractivity contribution is -0.0723. The van der Waals surface area contributed by atoms with Gasteiger partial charge in [0.15, 0.2) is 0 Å². The number of aliphatic hydroxyl groups is 1. The number of likely N-dealkylation sites (tertiary alicyclic amines) is 2. The fourth-order valence-corrected chi connectivity index (χ4v) is 3.66. The molecule has 0 aromatic rings. The second kappa shape index (κ2) is 10.1. The summed E-state index contributed by atoms with van der Waals surface area (Å²) in [5.74, 6) is 0. The Morgan fingerprint density at radius 1 is 0.844 bits per heavy atom. The Morgan fingerprint density at radius 2 is 1.22 bits per heavy atom. The lowest BCUT2D eigenvalue weighted by Crippen LogP contribution is -2.49. The number of carbonyl (C=O) groups is 2. The average molecular weight is 459 g/mol. The van der Waals surface area contributed by atoms with E-state index in [-0.39, 0.29) is 17.8 Å². The van der Waals surface area contributed by atoms with Crippen LogP contribution in [0.3, 0.4) is 0 Å². The van der Waals surface area contributed by atoms with Crippen LogP contribution in [0.1, 0.15) is 67.2 Å². The van der Waals surface area contributed by atoms with E-state index in [4.69, 9.17) is 18.9 Å². The maximum Gasteiger partial charge on any atom is 0.410 e. The number of epoxide rings is 1. The molecule has 0 unspecified atom stereocenters. The quantitative estimate of drug-likeness (QED) is 0.634. The van der Waals surface area contributed by atoms with Crippen LogP contribution in [-0.4, -0.2) is 96.0 Å². The van der Waals surface area contributed by atoms with Crippen molar-refractivity contribution in [1.29, 1.82) is 0 Å². The molecule has 3 rings (SSSR count). The number of amides is 2. The highest BCUT2D eigenvalue weighted by molar-refractivity contribution is 5.68. The summed E-state index contributed by atoms with van der Waals surface area (Å²) in [6.07, 6.45) is 2.45. The molecule has 1 spiro atoms. The molecule has 2 amide bonds. The van der Waals surface area contributed by atoms with Crippen LogP contribution in [0, 0.1) is 0 Å². The summed E-state index contributed by atoms with van der Waals surface area (Å²) in [5.41, 5.74) is -1.55. The van der Waals surface area contributed by atoms with E-state index in [0.717, 1.165) is 32.5 Å². The number of piperidine rings is 2. The van der Waals surface area contributed by atoms with Crippen LogP contribution in [0.2, 0.25) is 0 Å². The van der Waals surface area contributed by atoms with Crippen molar-refractivity contribution in [2.24, 2.45) is 0 Å². The number of hydrogen-bond donors (Lipinski definition) is 1. The van der Waals surface area contributed by atoms with Gasteiger partial charge in [0.25, 0.3) is 0 Å². The van der Waals surface area contributed by atoms with Gasteiger partial charge in [-0.15, -0.1) is 0 Å². The minimum absolute atomic E-state index is 0.124. The van der Waals surface area contributed by atoms with Crippen molar-refractivity contribution in [3.05, 3.63) is 0 Å². The van der Waals surface area contributed by atoms with Crippen molar-refractivity contribution in [1.82, 2.24) is 9.80 Å². The van der Waals surface area contributed by atoms with Crippen LogP contribution in [0.5, 0.6) is 0 Å². The molecule has 32 heavy (non-hydrogen) atoms. The van der Waals surface area contributed by atoms with Gasteiger partial charge in [-0.3, -0.25) is 0 Å². The van der Waals surface area contributed by atoms with Crippen molar-refractivity contribution in [3.63, 3.8) is 0 Å². The lowest BCUT2D eigenvalue weighted by Gasteiger charge is -2.38. The summed E-state index contributed by atoms with van der Waals surface area (Å²) in [4.78, 5) is 26.9. The van der Waals surface area contributed by atoms with E-state index < -0.39 is 16.8 Å². The van der Waals surface area contributed by atoms with Crippen molar-refractivity contribution in [2.45, 2.75) is 89.6 Å². The zero-order valence-corrected chi connectivity index (χ0v) is 20.9. The van der Waals surface area contributed by atoms with Gasteiger partial charge in [0.05, 0.1) is 24.4 Å². The molecule has 3 heterocycles. The van der Waals surface area contributed by atoms with Crippen molar-refractivity contribution >= 4 is 12.2 Å². The van der Waals surface area contributed by atoms with Crippen LogP contribution >= 0.6 is 0 Å². The third kappa shape index (κ3) is 8.75. The van der Waals surface area contributed by atoms with Crippen LogP contribution in [-0.2, 0) is 18.9 Å². The number of rotatable bonds is 2. The van der Waals surface area contributed by atoms with Crippen molar-refractivity contribution < 1.29 is 33.6 Å². The Kier molecular flexibility index (Phi) is 8.45. The Bertz CT molecular complexity index is 632. The van der Waals surface area contributed by atoms with Gasteiger partial charge >= 0.3 is 12.2 Å². The minimum Gasteiger partial charge on any atom is -0.444 e. The van der Waals surface area contributed by atoms with Crippen LogP contribution in [0.15, 0.2) is 0 Å². The molecule has 0 aliphatic carbocycles. The summed E-state index contributed by atoms with van der Waals surface area (Å²) in [7, 11) is 1.57.